The van der Waals surface area contributed by atoms with Crippen molar-refractivity contribution >= 4 is 10.1 Å². The van der Waals surface area contributed by atoms with Gasteiger partial charge in [-0.2, -0.15) is 8.42 Å². The first-order valence-corrected chi connectivity index (χ1v) is 9.64. The molecule has 128 valence electrons. The standard InChI is InChI=1S/C19H22O4S/c1-14-7-10-17(20)13-19(14)24(21,22)23-18-11-8-16(9-12-18)15-5-3-2-4-6-15/h2-7,10,13,16,18,20H,8-9,11-12H2,1H3. The number of hydrogen-bond acceptors (Lipinski definition) is 4. The van der Waals surface area contributed by atoms with Crippen molar-refractivity contribution in [3.63, 3.8) is 0 Å². The highest BCUT2D eigenvalue weighted by atomic mass is 32.2. The SMILES string of the molecule is Cc1ccc(O)cc1S(=O)(=O)OC1CCC(c2ccccc2)CC1. The molecule has 0 radical (unpaired) electrons. The molecule has 3 rings (SSSR count). The summed E-state index contributed by atoms with van der Waals surface area (Å²) >= 11 is 0. The smallest absolute Gasteiger partial charge is 0.297 e. The third kappa shape index (κ3) is 3.79. The van der Waals surface area contributed by atoms with E-state index in [0.29, 0.717) is 11.5 Å². The van der Waals surface area contributed by atoms with Crippen LogP contribution >= 0.6 is 0 Å². The average Bonchev–Trinajstić information content (AvgIpc) is 2.58. The van der Waals surface area contributed by atoms with Crippen molar-refractivity contribution in [2.75, 3.05) is 0 Å². The van der Waals surface area contributed by atoms with Crippen molar-refractivity contribution in [1.29, 1.82) is 0 Å². The molecule has 2 aromatic rings. The minimum Gasteiger partial charge on any atom is -0.508 e. The van der Waals surface area contributed by atoms with Crippen LogP contribution in [-0.4, -0.2) is 19.6 Å². The van der Waals surface area contributed by atoms with Crippen molar-refractivity contribution in [3.8, 4) is 5.75 Å². The second-order valence-electron chi connectivity index (χ2n) is 6.38. The van der Waals surface area contributed by atoms with E-state index in [1.807, 2.05) is 18.2 Å². The van der Waals surface area contributed by atoms with Crippen LogP contribution < -0.4 is 0 Å². The van der Waals surface area contributed by atoms with Gasteiger partial charge < -0.3 is 5.11 Å². The number of aryl methyl sites for hydroxylation is 1. The Morgan fingerprint density at radius 3 is 2.33 bits per heavy atom. The largest absolute Gasteiger partial charge is 0.508 e. The van der Waals surface area contributed by atoms with E-state index in [9.17, 15) is 13.5 Å². The van der Waals surface area contributed by atoms with Crippen LogP contribution in [0.3, 0.4) is 0 Å². The molecule has 24 heavy (non-hydrogen) atoms. The van der Waals surface area contributed by atoms with E-state index in [1.54, 1.807) is 13.0 Å². The van der Waals surface area contributed by atoms with E-state index < -0.39 is 10.1 Å². The quantitative estimate of drug-likeness (QED) is 0.846. The molecule has 0 saturated heterocycles. The van der Waals surface area contributed by atoms with E-state index in [1.165, 1.54) is 17.7 Å². The predicted octanol–water partition coefficient (Wildman–Crippen LogP) is 4.13. The molecule has 0 unspecified atom stereocenters. The highest BCUT2D eigenvalue weighted by molar-refractivity contribution is 7.86. The Balaban J connectivity index is 1.66. The maximum atomic E-state index is 12.5. The Morgan fingerprint density at radius 1 is 1.00 bits per heavy atom. The van der Waals surface area contributed by atoms with Crippen LogP contribution in [0.2, 0.25) is 0 Å². The first-order chi connectivity index (χ1) is 11.5. The van der Waals surface area contributed by atoms with Gasteiger partial charge in [0, 0.05) is 6.07 Å². The zero-order valence-corrected chi connectivity index (χ0v) is 14.5. The van der Waals surface area contributed by atoms with E-state index >= 15 is 0 Å². The van der Waals surface area contributed by atoms with Gasteiger partial charge in [0.25, 0.3) is 10.1 Å². The highest BCUT2D eigenvalue weighted by Gasteiger charge is 2.28. The summed E-state index contributed by atoms with van der Waals surface area (Å²) < 4.78 is 30.4. The van der Waals surface area contributed by atoms with Crippen molar-refractivity contribution in [2.24, 2.45) is 0 Å². The molecule has 1 saturated carbocycles. The predicted molar refractivity (Wildman–Crippen MR) is 92.6 cm³/mol. The maximum Gasteiger partial charge on any atom is 0.297 e. The van der Waals surface area contributed by atoms with Crippen LogP contribution in [0.25, 0.3) is 0 Å². The molecule has 0 aromatic heterocycles. The van der Waals surface area contributed by atoms with Gasteiger partial charge >= 0.3 is 0 Å². The Bertz CT molecular complexity index is 791. The fraction of sp³-hybridized carbons (Fsp3) is 0.368. The van der Waals surface area contributed by atoms with Gasteiger partial charge in [0.2, 0.25) is 0 Å². The molecule has 1 fully saturated rings. The van der Waals surface area contributed by atoms with Gasteiger partial charge in [-0.25, -0.2) is 0 Å². The fourth-order valence-corrected chi connectivity index (χ4v) is 4.69. The van der Waals surface area contributed by atoms with Gasteiger partial charge in [-0.05, 0) is 55.7 Å². The lowest BCUT2D eigenvalue weighted by Gasteiger charge is -2.28. The first-order valence-electron chi connectivity index (χ1n) is 8.23. The summed E-state index contributed by atoms with van der Waals surface area (Å²) in [5.41, 5.74) is 1.88. The second kappa shape index (κ2) is 6.95. The first kappa shape index (κ1) is 17.0. The molecular weight excluding hydrogens is 324 g/mol. The van der Waals surface area contributed by atoms with Crippen LogP contribution in [0.1, 0.15) is 42.7 Å². The van der Waals surface area contributed by atoms with Crippen molar-refractivity contribution in [1.82, 2.24) is 0 Å². The summed E-state index contributed by atoms with van der Waals surface area (Å²) in [6.45, 7) is 1.70. The van der Waals surface area contributed by atoms with Crippen molar-refractivity contribution < 1.29 is 17.7 Å². The van der Waals surface area contributed by atoms with Crippen LogP contribution in [0.5, 0.6) is 5.75 Å². The highest BCUT2D eigenvalue weighted by Crippen LogP contribution is 2.35. The number of hydrogen-bond donors (Lipinski definition) is 1. The minimum atomic E-state index is -3.86. The Kier molecular flexibility index (Phi) is 4.92. The molecule has 1 N–H and O–H groups in total. The van der Waals surface area contributed by atoms with E-state index in [-0.39, 0.29) is 16.7 Å². The zero-order chi connectivity index (χ0) is 17.2. The summed E-state index contributed by atoms with van der Waals surface area (Å²) in [4.78, 5) is 0.0488. The number of benzene rings is 2. The van der Waals surface area contributed by atoms with Gasteiger partial charge in [0.1, 0.15) is 10.6 Å². The molecule has 5 heteroatoms. The molecule has 0 amide bonds. The van der Waals surface area contributed by atoms with Crippen LogP contribution in [0.15, 0.2) is 53.4 Å². The summed E-state index contributed by atoms with van der Waals surface area (Å²) in [7, 11) is -3.86. The Hall–Kier alpha value is -1.85. The maximum absolute atomic E-state index is 12.5. The topological polar surface area (TPSA) is 63.6 Å². The third-order valence-electron chi connectivity index (χ3n) is 4.65. The fourth-order valence-electron chi connectivity index (χ4n) is 3.31. The van der Waals surface area contributed by atoms with Crippen molar-refractivity contribution in [3.05, 3.63) is 59.7 Å². The lowest BCUT2D eigenvalue weighted by atomic mass is 9.83. The molecular formula is C19H22O4S. The molecule has 0 heterocycles. The molecule has 1 aliphatic rings. The molecule has 2 aromatic carbocycles. The Morgan fingerprint density at radius 2 is 1.67 bits per heavy atom. The van der Waals surface area contributed by atoms with E-state index in [4.69, 9.17) is 4.18 Å². The van der Waals surface area contributed by atoms with Gasteiger partial charge in [-0.3, -0.25) is 4.18 Å². The number of aromatic hydroxyl groups is 1. The summed E-state index contributed by atoms with van der Waals surface area (Å²) in [6, 6.07) is 14.6. The minimum absolute atomic E-state index is 0.0488. The van der Waals surface area contributed by atoms with Crippen LogP contribution in [0.4, 0.5) is 0 Å². The number of phenolic OH excluding ortho intramolecular Hbond substituents is 1. The van der Waals surface area contributed by atoms with Crippen LogP contribution in [0, 0.1) is 6.92 Å². The number of phenols is 1. The number of rotatable bonds is 4. The van der Waals surface area contributed by atoms with Crippen molar-refractivity contribution in [2.45, 2.75) is 49.5 Å². The lowest BCUT2D eigenvalue weighted by Crippen LogP contribution is -2.24. The third-order valence-corrected chi connectivity index (χ3v) is 6.15. The van der Waals surface area contributed by atoms with Gasteiger partial charge in [0.05, 0.1) is 6.10 Å². The summed E-state index contributed by atoms with van der Waals surface area (Å²) in [5, 5.41) is 9.55. The van der Waals surface area contributed by atoms with Gasteiger partial charge in [-0.15, -0.1) is 0 Å². The molecule has 0 atom stereocenters. The Labute approximate surface area is 143 Å². The average molecular weight is 346 g/mol. The van der Waals surface area contributed by atoms with Gasteiger partial charge in [0.15, 0.2) is 0 Å². The second-order valence-corrected chi connectivity index (χ2v) is 7.92. The monoisotopic (exact) mass is 346 g/mol. The van der Waals surface area contributed by atoms with Gasteiger partial charge in [-0.1, -0.05) is 36.4 Å². The molecule has 0 aliphatic heterocycles. The van der Waals surface area contributed by atoms with Crippen LogP contribution in [-0.2, 0) is 14.3 Å². The molecule has 0 bridgehead atoms. The lowest BCUT2D eigenvalue weighted by molar-refractivity contribution is 0.153. The summed E-state index contributed by atoms with van der Waals surface area (Å²) in [5.74, 6) is 0.395. The zero-order valence-electron chi connectivity index (χ0n) is 13.7. The molecule has 1 aliphatic carbocycles. The van der Waals surface area contributed by atoms with E-state index in [2.05, 4.69) is 12.1 Å². The molecule has 4 nitrogen and oxygen atoms in total. The summed E-state index contributed by atoms with van der Waals surface area (Å²) in [6.07, 6.45) is 2.98. The van der Waals surface area contributed by atoms with E-state index in [0.717, 1.165) is 25.7 Å². The molecule has 0 spiro atoms. The normalized spacial score (nSPS) is 21.5.